The first-order valence-electron chi connectivity index (χ1n) is 5.60. The molecule has 0 radical (unpaired) electrons. The van der Waals surface area contributed by atoms with Crippen molar-refractivity contribution in [2.45, 2.75) is 30.5 Å². The van der Waals surface area contributed by atoms with Gasteiger partial charge in [0.1, 0.15) is 12.2 Å². The summed E-state index contributed by atoms with van der Waals surface area (Å²) in [6.07, 6.45) is 3.14. The third-order valence-electron chi connectivity index (χ3n) is 3.18. The fraction of sp³-hybridized carbons (Fsp3) is 0.500. The Morgan fingerprint density at radius 2 is 2.26 bits per heavy atom. The Kier molecular flexibility index (Phi) is 3.43. The van der Waals surface area contributed by atoms with Crippen molar-refractivity contribution >= 4 is 11.7 Å². The molecule has 1 saturated heterocycles. The highest BCUT2D eigenvalue weighted by atomic mass is 16.6. The second kappa shape index (κ2) is 4.75. The number of amides is 1. The number of hydrogen-bond acceptors (Lipinski definition) is 6. The van der Waals surface area contributed by atoms with E-state index in [0.29, 0.717) is 0 Å². The predicted molar refractivity (Wildman–Crippen MR) is 61.1 cm³/mol. The van der Waals surface area contributed by atoms with Crippen molar-refractivity contribution < 1.29 is 29.6 Å². The quantitative estimate of drug-likeness (QED) is 0.385. The van der Waals surface area contributed by atoms with Gasteiger partial charge in [-0.15, -0.1) is 6.42 Å². The molecule has 7 heteroatoms. The van der Waals surface area contributed by atoms with Gasteiger partial charge >= 0.3 is 0 Å². The molecule has 4 atom stereocenters. The first kappa shape index (κ1) is 13.7. The molecule has 1 fully saturated rings. The molecular weight excluding hydrogens is 254 g/mol. The van der Waals surface area contributed by atoms with Gasteiger partial charge in [-0.25, -0.2) is 0 Å². The van der Waals surface area contributed by atoms with E-state index in [1.807, 2.05) is 5.92 Å². The van der Waals surface area contributed by atoms with E-state index in [-0.39, 0.29) is 12.2 Å². The summed E-state index contributed by atoms with van der Waals surface area (Å²) >= 11 is 0. The minimum Gasteiger partial charge on any atom is -0.394 e. The number of terminal acetylenes is 1. The number of aliphatic hydroxyl groups excluding tert-OH is 2. The third kappa shape index (κ3) is 2.05. The maximum Gasteiger partial charge on any atom is 0.236 e. The Balaban J connectivity index is 2.34. The molecule has 2 heterocycles. The SMILES string of the molecule is C#C[C@@]1(O)[C@H](O)[C@@H](CO)O[C@@H]1N1C=CC(=O)CC1=O. The average Bonchev–Trinajstić information content (AvgIpc) is 2.63. The Morgan fingerprint density at radius 1 is 1.58 bits per heavy atom. The minimum atomic E-state index is -2.15. The fourth-order valence-electron chi connectivity index (χ4n) is 2.11. The molecule has 7 nitrogen and oxygen atoms in total. The highest BCUT2D eigenvalue weighted by molar-refractivity contribution is 6.06. The molecule has 0 bridgehead atoms. The van der Waals surface area contributed by atoms with Gasteiger partial charge in [-0.2, -0.15) is 0 Å². The monoisotopic (exact) mass is 267 g/mol. The number of carbonyl (C=O) groups is 2. The molecule has 0 aromatic carbocycles. The predicted octanol–water partition coefficient (Wildman–Crippen LogP) is -2.26. The van der Waals surface area contributed by atoms with E-state index in [9.17, 15) is 19.8 Å². The maximum absolute atomic E-state index is 11.7. The third-order valence-corrected chi connectivity index (χ3v) is 3.18. The Bertz CT molecular complexity index is 481. The van der Waals surface area contributed by atoms with Gasteiger partial charge in [0.15, 0.2) is 17.6 Å². The molecule has 0 saturated carbocycles. The van der Waals surface area contributed by atoms with Crippen molar-refractivity contribution in [2.24, 2.45) is 0 Å². The van der Waals surface area contributed by atoms with Crippen LogP contribution < -0.4 is 0 Å². The fourth-order valence-corrected chi connectivity index (χ4v) is 2.11. The maximum atomic E-state index is 11.7. The van der Waals surface area contributed by atoms with Crippen LogP contribution in [0.2, 0.25) is 0 Å². The summed E-state index contributed by atoms with van der Waals surface area (Å²) < 4.78 is 5.22. The molecule has 0 spiro atoms. The van der Waals surface area contributed by atoms with Crippen molar-refractivity contribution in [3.8, 4) is 12.3 Å². The molecule has 1 amide bonds. The molecule has 2 aliphatic rings. The van der Waals surface area contributed by atoms with Crippen LogP contribution in [0.5, 0.6) is 0 Å². The van der Waals surface area contributed by atoms with Crippen LogP contribution in [0.3, 0.4) is 0 Å². The minimum absolute atomic E-state index is 0.364. The van der Waals surface area contributed by atoms with Gasteiger partial charge in [0, 0.05) is 6.20 Å². The molecule has 19 heavy (non-hydrogen) atoms. The number of ether oxygens (including phenoxy) is 1. The molecule has 0 aromatic rings. The van der Waals surface area contributed by atoms with Crippen LogP contribution in [-0.4, -0.2) is 62.6 Å². The Labute approximate surface area is 109 Å². The van der Waals surface area contributed by atoms with Gasteiger partial charge in [0.2, 0.25) is 5.91 Å². The summed E-state index contributed by atoms with van der Waals surface area (Å²) in [5.41, 5.74) is -2.15. The number of aliphatic hydroxyl groups is 3. The summed E-state index contributed by atoms with van der Waals surface area (Å²) in [6.45, 7) is -0.563. The zero-order valence-corrected chi connectivity index (χ0v) is 9.89. The van der Waals surface area contributed by atoms with Crippen molar-refractivity contribution in [3.63, 3.8) is 0 Å². The summed E-state index contributed by atoms with van der Waals surface area (Å²) in [5, 5.41) is 29.1. The zero-order chi connectivity index (χ0) is 14.2. The van der Waals surface area contributed by atoms with E-state index in [2.05, 4.69) is 0 Å². The van der Waals surface area contributed by atoms with Crippen LogP contribution in [0.1, 0.15) is 6.42 Å². The van der Waals surface area contributed by atoms with E-state index in [1.165, 1.54) is 0 Å². The number of nitrogens with zero attached hydrogens (tertiary/aromatic N) is 1. The number of allylic oxidation sites excluding steroid dienone is 1. The highest BCUT2D eigenvalue weighted by Crippen LogP contribution is 2.34. The summed E-state index contributed by atoms with van der Waals surface area (Å²) in [4.78, 5) is 23.8. The lowest BCUT2D eigenvalue weighted by Gasteiger charge is -2.33. The lowest BCUT2D eigenvalue weighted by molar-refractivity contribution is -0.153. The van der Waals surface area contributed by atoms with E-state index in [0.717, 1.165) is 17.2 Å². The van der Waals surface area contributed by atoms with Crippen LogP contribution in [0.15, 0.2) is 12.3 Å². The van der Waals surface area contributed by atoms with Crippen molar-refractivity contribution in [1.82, 2.24) is 4.90 Å². The van der Waals surface area contributed by atoms with Crippen LogP contribution >= 0.6 is 0 Å². The molecule has 2 rings (SSSR count). The highest BCUT2D eigenvalue weighted by Gasteiger charge is 2.57. The lowest BCUT2D eigenvalue weighted by atomic mass is 9.94. The second-order valence-corrected chi connectivity index (χ2v) is 4.38. The number of carbonyl (C=O) groups excluding carboxylic acids is 2. The zero-order valence-electron chi connectivity index (χ0n) is 9.89. The van der Waals surface area contributed by atoms with Gasteiger partial charge in [0.05, 0.1) is 13.0 Å². The smallest absolute Gasteiger partial charge is 0.236 e. The average molecular weight is 267 g/mol. The first-order valence-corrected chi connectivity index (χ1v) is 5.60. The Hall–Kier alpha value is -1.72. The van der Waals surface area contributed by atoms with Crippen molar-refractivity contribution in [2.75, 3.05) is 6.61 Å². The summed E-state index contributed by atoms with van der Waals surface area (Å²) in [5.74, 6) is 1.02. The number of hydrogen-bond donors (Lipinski definition) is 3. The van der Waals surface area contributed by atoms with Gasteiger partial charge in [0.25, 0.3) is 0 Å². The number of rotatable bonds is 2. The Morgan fingerprint density at radius 3 is 2.79 bits per heavy atom. The van der Waals surface area contributed by atoms with E-state index >= 15 is 0 Å². The van der Waals surface area contributed by atoms with E-state index in [4.69, 9.17) is 16.3 Å². The first-order chi connectivity index (χ1) is 8.93. The van der Waals surface area contributed by atoms with E-state index in [1.54, 1.807) is 0 Å². The van der Waals surface area contributed by atoms with Gasteiger partial charge in [-0.1, -0.05) is 5.92 Å². The van der Waals surface area contributed by atoms with Crippen molar-refractivity contribution in [1.29, 1.82) is 0 Å². The van der Waals surface area contributed by atoms with Gasteiger partial charge in [-0.05, 0) is 6.08 Å². The molecule has 0 aromatic heterocycles. The van der Waals surface area contributed by atoms with Crippen LogP contribution in [0.4, 0.5) is 0 Å². The summed E-state index contributed by atoms with van der Waals surface area (Å²) in [7, 11) is 0. The molecule has 0 aliphatic carbocycles. The summed E-state index contributed by atoms with van der Waals surface area (Å²) in [6, 6.07) is 0. The lowest BCUT2D eigenvalue weighted by Crippen LogP contribution is -2.55. The standard InChI is InChI=1S/C12H13NO6/c1-2-12(18)10(17)8(6-14)19-11(12)13-4-3-7(15)5-9(13)16/h1,3-4,8,10-11,14,17-18H,5-6H2/t8-,10-,11+,12-/m1/s1. The van der Waals surface area contributed by atoms with E-state index < -0.39 is 36.6 Å². The van der Waals surface area contributed by atoms with Gasteiger partial charge in [-0.3, -0.25) is 14.5 Å². The largest absolute Gasteiger partial charge is 0.394 e. The van der Waals surface area contributed by atoms with Crippen molar-refractivity contribution in [3.05, 3.63) is 12.3 Å². The molecule has 2 aliphatic heterocycles. The van der Waals surface area contributed by atoms with Crippen LogP contribution in [-0.2, 0) is 14.3 Å². The van der Waals surface area contributed by atoms with Crippen LogP contribution in [0.25, 0.3) is 0 Å². The molecule has 0 unspecified atom stereocenters. The normalized spacial score (nSPS) is 38.6. The van der Waals surface area contributed by atoms with Crippen LogP contribution in [0, 0.1) is 12.3 Å². The molecule has 3 N–H and O–H groups in total. The van der Waals surface area contributed by atoms with Gasteiger partial charge < -0.3 is 20.1 Å². The number of ketones is 1. The molecular formula is C12H13NO6. The topological polar surface area (TPSA) is 107 Å². The second-order valence-electron chi connectivity index (χ2n) is 4.38. The molecule has 102 valence electrons.